The van der Waals surface area contributed by atoms with Crippen molar-refractivity contribution >= 4 is 11.6 Å². The maximum atomic E-state index is 11.8. The highest BCUT2D eigenvalue weighted by Gasteiger charge is 2.24. The summed E-state index contributed by atoms with van der Waals surface area (Å²) in [4.78, 5) is 11.8. The van der Waals surface area contributed by atoms with Crippen LogP contribution in [0.5, 0.6) is 0 Å². The molecule has 1 amide bonds. The van der Waals surface area contributed by atoms with Gasteiger partial charge in [0.1, 0.15) is 0 Å². The Labute approximate surface area is 102 Å². The van der Waals surface area contributed by atoms with Crippen LogP contribution in [-0.4, -0.2) is 5.91 Å². The van der Waals surface area contributed by atoms with Gasteiger partial charge in [0.15, 0.2) is 0 Å². The Kier molecular flexibility index (Phi) is 3.48. The Balaban J connectivity index is 2.11. The molecule has 3 nitrogen and oxygen atoms in total. The number of hydrogen-bond acceptors (Lipinski definition) is 2. The van der Waals surface area contributed by atoms with Gasteiger partial charge in [0.2, 0.25) is 5.91 Å². The minimum Gasteiger partial charge on any atom is -0.326 e. The average Bonchev–Trinajstić information content (AvgIpc) is 3.07. The van der Waals surface area contributed by atoms with Gasteiger partial charge in [0.25, 0.3) is 0 Å². The van der Waals surface area contributed by atoms with E-state index in [2.05, 4.69) is 5.32 Å². The molecule has 1 aliphatic rings. The van der Waals surface area contributed by atoms with Crippen LogP contribution in [0.2, 0.25) is 0 Å². The highest BCUT2D eigenvalue weighted by molar-refractivity contribution is 5.92. The maximum absolute atomic E-state index is 11.8. The largest absolute Gasteiger partial charge is 0.326 e. The highest BCUT2D eigenvalue weighted by atomic mass is 16.1. The van der Waals surface area contributed by atoms with Crippen LogP contribution < -0.4 is 11.1 Å². The lowest BCUT2D eigenvalue weighted by Gasteiger charge is -2.13. The number of anilines is 1. The van der Waals surface area contributed by atoms with E-state index in [1.807, 2.05) is 26.0 Å². The van der Waals surface area contributed by atoms with Crippen molar-refractivity contribution in [2.45, 2.75) is 39.7 Å². The van der Waals surface area contributed by atoms with Gasteiger partial charge in [0, 0.05) is 18.7 Å². The summed E-state index contributed by atoms with van der Waals surface area (Å²) >= 11 is 0. The zero-order valence-corrected chi connectivity index (χ0v) is 10.5. The van der Waals surface area contributed by atoms with Crippen LogP contribution in [0.15, 0.2) is 12.1 Å². The fraction of sp³-hybridized carbons (Fsp3) is 0.500. The van der Waals surface area contributed by atoms with Gasteiger partial charge in [-0.2, -0.15) is 0 Å². The molecule has 0 radical (unpaired) electrons. The van der Waals surface area contributed by atoms with E-state index in [9.17, 15) is 4.79 Å². The van der Waals surface area contributed by atoms with Crippen molar-refractivity contribution in [1.82, 2.24) is 0 Å². The van der Waals surface area contributed by atoms with Crippen LogP contribution in [0.3, 0.4) is 0 Å². The lowest BCUT2D eigenvalue weighted by atomic mass is 10.0. The Morgan fingerprint density at radius 1 is 1.41 bits per heavy atom. The molecule has 0 aromatic heterocycles. The van der Waals surface area contributed by atoms with Crippen LogP contribution in [0.1, 0.15) is 36.0 Å². The third-order valence-electron chi connectivity index (χ3n) is 3.48. The van der Waals surface area contributed by atoms with Crippen LogP contribution in [0.25, 0.3) is 0 Å². The molecule has 2 rings (SSSR count). The summed E-state index contributed by atoms with van der Waals surface area (Å²) in [7, 11) is 0. The summed E-state index contributed by atoms with van der Waals surface area (Å²) in [5, 5.41) is 2.99. The number of amides is 1. The minimum absolute atomic E-state index is 0.127. The van der Waals surface area contributed by atoms with Gasteiger partial charge in [-0.05, 0) is 55.4 Å². The molecular weight excluding hydrogens is 212 g/mol. The Hall–Kier alpha value is -1.35. The summed E-state index contributed by atoms with van der Waals surface area (Å²) in [5.74, 6) is 0.747. The molecule has 0 saturated heterocycles. The normalized spacial score (nSPS) is 14.8. The van der Waals surface area contributed by atoms with E-state index in [-0.39, 0.29) is 5.91 Å². The molecule has 3 heteroatoms. The molecule has 1 aliphatic carbocycles. The standard InChI is InChI=1S/C14H20N2O/c1-9-3-6-13(10(2)12(9)8-15)16-14(17)7-11-4-5-11/h3,6,11H,4-5,7-8,15H2,1-2H3,(H,16,17). The molecular formula is C14H20N2O. The van der Waals surface area contributed by atoms with Crippen molar-refractivity contribution in [2.24, 2.45) is 11.7 Å². The lowest BCUT2D eigenvalue weighted by molar-refractivity contribution is -0.116. The number of nitrogens with two attached hydrogens (primary N) is 1. The molecule has 1 aromatic carbocycles. The van der Waals surface area contributed by atoms with Gasteiger partial charge >= 0.3 is 0 Å². The zero-order valence-electron chi connectivity index (χ0n) is 10.5. The Bertz CT molecular complexity index is 436. The van der Waals surface area contributed by atoms with Crippen LogP contribution in [0, 0.1) is 19.8 Å². The molecule has 92 valence electrons. The SMILES string of the molecule is Cc1ccc(NC(=O)CC2CC2)c(C)c1CN. The average molecular weight is 232 g/mol. The van der Waals surface area contributed by atoms with E-state index in [1.54, 1.807) is 0 Å². The second-order valence-corrected chi connectivity index (χ2v) is 4.93. The fourth-order valence-electron chi connectivity index (χ4n) is 2.13. The second kappa shape index (κ2) is 4.88. The molecule has 0 unspecified atom stereocenters. The number of nitrogens with one attached hydrogen (secondary N) is 1. The number of aryl methyl sites for hydroxylation is 1. The molecule has 0 aliphatic heterocycles. The molecule has 1 fully saturated rings. The van der Waals surface area contributed by atoms with E-state index < -0.39 is 0 Å². The molecule has 0 atom stereocenters. The topological polar surface area (TPSA) is 55.1 Å². The highest BCUT2D eigenvalue weighted by Crippen LogP contribution is 2.33. The van der Waals surface area contributed by atoms with E-state index in [0.29, 0.717) is 18.9 Å². The van der Waals surface area contributed by atoms with E-state index >= 15 is 0 Å². The predicted octanol–water partition coefficient (Wildman–Crippen LogP) is 2.50. The van der Waals surface area contributed by atoms with Crippen molar-refractivity contribution < 1.29 is 4.79 Å². The van der Waals surface area contributed by atoms with Gasteiger partial charge < -0.3 is 11.1 Å². The molecule has 0 heterocycles. The molecule has 1 aromatic rings. The Morgan fingerprint density at radius 2 is 2.12 bits per heavy atom. The van der Waals surface area contributed by atoms with Crippen molar-refractivity contribution in [2.75, 3.05) is 5.32 Å². The summed E-state index contributed by atoms with van der Waals surface area (Å²) in [6.07, 6.45) is 3.06. The smallest absolute Gasteiger partial charge is 0.224 e. The van der Waals surface area contributed by atoms with Crippen LogP contribution in [-0.2, 0) is 11.3 Å². The summed E-state index contributed by atoms with van der Waals surface area (Å²) < 4.78 is 0. The summed E-state index contributed by atoms with van der Waals surface area (Å²) in [6, 6.07) is 3.98. The van der Waals surface area contributed by atoms with Crippen molar-refractivity contribution in [3.05, 3.63) is 28.8 Å². The third kappa shape index (κ3) is 2.86. The first-order valence-electron chi connectivity index (χ1n) is 6.20. The maximum Gasteiger partial charge on any atom is 0.224 e. The first-order valence-corrected chi connectivity index (χ1v) is 6.20. The minimum atomic E-state index is 0.127. The quantitative estimate of drug-likeness (QED) is 0.838. The molecule has 17 heavy (non-hydrogen) atoms. The number of carbonyl (C=O) groups excluding carboxylic acids is 1. The van der Waals surface area contributed by atoms with Crippen molar-refractivity contribution in [3.8, 4) is 0 Å². The second-order valence-electron chi connectivity index (χ2n) is 4.93. The van der Waals surface area contributed by atoms with Gasteiger partial charge in [-0.15, -0.1) is 0 Å². The van der Waals surface area contributed by atoms with Crippen molar-refractivity contribution in [1.29, 1.82) is 0 Å². The third-order valence-corrected chi connectivity index (χ3v) is 3.48. The Morgan fingerprint density at radius 3 is 2.71 bits per heavy atom. The van der Waals surface area contributed by atoms with E-state index in [4.69, 9.17) is 5.73 Å². The number of rotatable bonds is 4. The molecule has 0 bridgehead atoms. The van der Waals surface area contributed by atoms with Gasteiger partial charge in [-0.3, -0.25) is 4.79 Å². The molecule has 0 spiro atoms. The number of hydrogen-bond donors (Lipinski definition) is 2. The summed E-state index contributed by atoms with van der Waals surface area (Å²) in [6.45, 7) is 4.58. The monoisotopic (exact) mass is 232 g/mol. The van der Waals surface area contributed by atoms with E-state index in [0.717, 1.165) is 16.8 Å². The predicted molar refractivity (Wildman–Crippen MR) is 69.8 cm³/mol. The number of benzene rings is 1. The van der Waals surface area contributed by atoms with Gasteiger partial charge in [-0.25, -0.2) is 0 Å². The summed E-state index contributed by atoms with van der Waals surface area (Å²) in [5.41, 5.74) is 10.0. The first kappa shape index (κ1) is 12.1. The molecule has 3 N–H and O–H groups in total. The van der Waals surface area contributed by atoms with Gasteiger partial charge in [-0.1, -0.05) is 6.07 Å². The van der Waals surface area contributed by atoms with Crippen molar-refractivity contribution in [3.63, 3.8) is 0 Å². The lowest BCUT2D eigenvalue weighted by Crippen LogP contribution is -2.14. The number of carbonyl (C=O) groups is 1. The molecule has 1 saturated carbocycles. The van der Waals surface area contributed by atoms with Crippen LogP contribution >= 0.6 is 0 Å². The zero-order chi connectivity index (χ0) is 12.4. The van der Waals surface area contributed by atoms with Crippen LogP contribution in [0.4, 0.5) is 5.69 Å². The fourth-order valence-corrected chi connectivity index (χ4v) is 2.13. The first-order chi connectivity index (χ1) is 8.11. The van der Waals surface area contributed by atoms with E-state index in [1.165, 1.54) is 18.4 Å². The van der Waals surface area contributed by atoms with Gasteiger partial charge in [0.05, 0.1) is 0 Å².